The Morgan fingerprint density at radius 3 is 1.64 bits per heavy atom. The molecule has 5 amide bonds. The van der Waals surface area contributed by atoms with E-state index in [1.807, 2.05) is 5.32 Å². The van der Waals surface area contributed by atoms with Crippen molar-refractivity contribution in [3.8, 4) is 0 Å². The Morgan fingerprint density at radius 2 is 1.18 bits per heavy atom. The molecule has 0 aliphatic heterocycles. The minimum Gasteiger partial charge on any atom is -0.481 e. The van der Waals surface area contributed by atoms with Crippen LogP contribution in [0.1, 0.15) is 32.1 Å². The summed E-state index contributed by atoms with van der Waals surface area (Å²) in [6.07, 6.45) is -2.53. The second-order valence-corrected chi connectivity index (χ2v) is 6.92. The molecule has 0 aromatic carbocycles. The summed E-state index contributed by atoms with van der Waals surface area (Å²) in [6.45, 7) is -0.754. The quantitative estimate of drug-likeness (QED) is 0.101. The van der Waals surface area contributed by atoms with E-state index in [4.69, 9.17) is 32.5 Å². The fraction of sp³-hybridized carbons (Fsp3) is 0.588. The number of hydrogen-bond donors (Lipinski definition) is 9. The van der Waals surface area contributed by atoms with Crippen molar-refractivity contribution < 1.29 is 48.9 Å². The largest absolute Gasteiger partial charge is 0.481 e. The summed E-state index contributed by atoms with van der Waals surface area (Å²) in [5.41, 5.74) is 15.5. The predicted octanol–water partition coefficient (Wildman–Crippen LogP) is -5.15. The van der Waals surface area contributed by atoms with Crippen LogP contribution in [0.5, 0.6) is 0 Å². The Kier molecular flexibility index (Phi) is 12.7. The lowest BCUT2D eigenvalue weighted by molar-refractivity contribution is -0.143. The van der Waals surface area contributed by atoms with E-state index in [2.05, 4.69) is 10.6 Å². The van der Waals surface area contributed by atoms with Crippen molar-refractivity contribution in [1.82, 2.24) is 16.0 Å². The third-order valence-electron chi connectivity index (χ3n) is 4.15. The summed E-state index contributed by atoms with van der Waals surface area (Å²) in [6, 6.07) is -6.20. The van der Waals surface area contributed by atoms with E-state index in [0.717, 1.165) is 0 Å². The molecule has 0 aliphatic rings. The van der Waals surface area contributed by atoms with Crippen molar-refractivity contribution in [3.05, 3.63) is 0 Å². The van der Waals surface area contributed by atoms with Crippen LogP contribution in [0.15, 0.2) is 0 Å². The van der Waals surface area contributed by atoms with Crippen molar-refractivity contribution >= 4 is 41.5 Å². The third kappa shape index (κ3) is 12.0. The molecule has 0 fully saturated rings. The van der Waals surface area contributed by atoms with E-state index in [9.17, 15) is 33.6 Å². The Labute approximate surface area is 187 Å². The maximum Gasteiger partial charge on any atom is 0.326 e. The van der Waals surface area contributed by atoms with Crippen LogP contribution in [0, 0.1) is 0 Å². The molecule has 0 radical (unpaired) electrons. The van der Waals surface area contributed by atoms with Crippen molar-refractivity contribution in [2.75, 3.05) is 6.61 Å². The van der Waals surface area contributed by atoms with Gasteiger partial charge in [0.05, 0.1) is 13.0 Å². The van der Waals surface area contributed by atoms with E-state index in [1.54, 1.807) is 0 Å². The van der Waals surface area contributed by atoms with Gasteiger partial charge < -0.3 is 48.5 Å². The number of nitrogens with one attached hydrogen (secondary N) is 3. The van der Waals surface area contributed by atoms with E-state index in [-0.39, 0.29) is 12.8 Å². The first-order chi connectivity index (χ1) is 15.3. The van der Waals surface area contributed by atoms with E-state index < -0.39 is 91.5 Å². The number of carboxylic acid groups (broad SMARTS) is 2. The van der Waals surface area contributed by atoms with Crippen molar-refractivity contribution in [3.63, 3.8) is 0 Å². The Morgan fingerprint density at radius 1 is 0.697 bits per heavy atom. The SMILES string of the molecule is NC(=O)CCC(NC(=O)C(N)CO)C(=O)NC(CC(N)=O)C(=O)NC(CCC(=O)O)C(=O)O. The monoisotopic (exact) mass is 476 g/mol. The number of nitrogens with two attached hydrogens (primary N) is 3. The number of primary amides is 2. The van der Waals surface area contributed by atoms with Crippen LogP contribution < -0.4 is 33.2 Å². The van der Waals surface area contributed by atoms with Gasteiger partial charge in [0.1, 0.15) is 24.2 Å². The van der Waals surface area contributed by atoms with Crippen molar-refractivity contribution in [2.24, 2.45) is 17.2 Å². The normalized spacial score (nSPS) is 14.1. The molecule has 0 aromatic rings. The minimum atomic E-state index is -1.69. The number of aliphatic carboxylic acids is 2. The number of hydrogen-bond acceptors (Lipinski definition) is 9. The van der Waals surface area contributed by atoms with E-state index in [1.165, 1.54) is 0 Å². The summed E-state index contributed by atoms with van der Waals surface area (Å²) in [5.74, 6) is -7.92. The molecular weight excluding hydrogens is 448 g/mol. The third-order valence-corrected chi connectivity index (χ3v) is 4.15. The Bertz CT molecular complexity index is 773. The van der Waals surface area contributed by atoms with Crippen LogP contribution >= 0.6 is 0 Å². The highest BCUT2D eigenvalue weighted by molar-refractivity contribution is 5.96. The predicted molar refractivity (Wildman–Crippen MR) is 108 cm³/mol. The molecule has 186 valence electrons. The molecule has 12 N–H and O–H groups in total. The van der Waals surface area contributed by atoms with Crippen LogP contribution in [0.3, 0.4) is 0 Å². The van der Waals surface area contributed by atoms with Crippen LogP contribution in [0.2, 0.25) is 0 Å². The van der Waals surface area contributed by atoms with Gasteiger partial charge in [0.15, 0.2) is 0 Å². The molecule has 0 aromatic heterocycles. The van der Waals surface area contributed by atoms with Gasteiger partial charge in [-0.25, -0.2) is 4.79 Å². The average Bonchev–Trinajstić information content (AvgIpc) is 2.71. The number of rotatable bonds is 16. The summed E-state index contributed by atoms with van der Waals surface area (Å²) in [7, 11) is 0. The highest BCUT2D eigenvalue weighted by Crippen LogP contribution is 2.04. The maximum absolute atomic E-state index is 12.6. The summed E-state index contributed by atoms with van der Waals surface area (Å²) in [5, 5.41) is 33.1. The van der Waals surface area contributed by atoms with Crippen LogP contribution in [-0.4, -0.2) is 87.6 Å². The first kappa shape index (κ1) is 29.2. The van der Waals surface area contributed by atoms with Crippen LogP contribution in [0.25, 0.3) is 0 Å². The molecule has 0 spiro atoms. The van der Waals surface area contributed by atoms with Gasteiger partial charge in [0.2, 0.25) is 29.5 Å². The zero-order chi connectivity index (χ0) is 25.7. The lowest BCUT2D eigenvalue weighted by Gasteiger charge is -2.24. The average molecular weight is 476 g/mol. The highest BCUT2D eigenvalue weighted by atomic mass is 16.4. The highest BCUT2D eigenvalue weighted by Gasteiger charge is 2.31. The summed E-state index contributed by atoms with van der Waals surface area (Å²) >= 11 is 0. The minimum absolute atomic E-state index is 0.327. The second-order valence-electron chi connectivity index (χ2n) is 6.92. The fourth-order valence-corrected chi connectivity index (χ4v) is 2.40. The van der Waals surface area contributed by atoms with Gasteiger partial charge in [-0.3, -0.25) is 28.8 Å². The molecule has 4 unspecified atom stereocenters. The molecule has 4 atom stereocenters. The number of aliphatic hydroxyl groups is 1. The second kappa shape index (κ2) is 14.3. The van der Waals surface area contributed by atoms with Gasteiger partial charge in [-0.1, -0.05) is 0 Å². The number of amides is 5. The lowest BCUT2D eigenvalue weighted by Crippen LogP contribution is -2.58. The molecule has 0 saturated heterocycles. The van der Waals surface area contributed by atoms with Gasteiger partial charge in [-0.05, 0) is 12.8 Å². The molecule has 0 heterocycles. The smallest absolute Gasteiger partial charge is 0.326 e. The Hall–Kier alpha value is -3.79. The molecule has 0 rings (SSSR count). The van der Waals surface area contributed by atoms with Crippen molar-refractivity contribution in [1.29, 1.82) is 0 Å². The van der Waals surface area contributed by atoms with Crippen LogP contribution in [-0.2, 0) is 33.6 Å². The first-order valence-corrected chi connectivity index (χ1v) is 9.57. The topological polar surface area (TPSA) is 294 Å². The zero-order valence-corrected chi connectivity index (χ0v) is 17.5. The van der Waals surface area contributed by atoms with Gasteiger partial charge >= 0.3 is 11.9 Å². The Balaban J connectivity index is 5.53. The molecule has 0 bridgehead atoms. The van der Waals surface area contributed by atoms with Gasteiger partial charge in [-0.15, -0.1) is 0 Å². The van der Waals surface area contributed by atoms with Crippen LogP contribution in [0.4, 0.5) is 0 Å². The zero-order valence-electron chi connectivity index (χ0n) is 17.5. The van der Waals surface area contributed by atoms with Crippen molar-refractivity contribution in [2.45, 2.75) is 56.3 Å². The molecule has 0 saturated carbocycles. The molecule has 33 heavy (non-hydrogen) atoms. The van der Waals surface area contributed by atoms with Gasteiger partial charge in [0.25, 0.3) is 0 Å². The molecular formula is C17H28N6O10. The number of carbonyl (C=O) groups is 7. The molecule has 16 heteroatoms. The maximum atomic E-state index is 12.6. The summed E-state index contributed by atoms with van der Waals surface area (Å²) < 4.78 is 0. The van der Waals surface area contributed by atoms with E-state index in [0.29, 0.717) is 0 Å². The van der Waals surface area contributed by atoms with Gasteiger partial charge in [-0.2, -0.15) is 0 Å². The van der Waals surface area contributed by atoms with Gasteiger partial charge in [0, 0.05) is 12.8 Å². The standard InChI is InChI=1S/C17H28N6O10/c18-7(6-24)14(29)21-8(1-3-11(19)25)15(30)23-10(5-12(20)26)16(31)22-9(17(32)33)2-4-13(27)28/h7-10,24H,1-6,18H2,(H2,19,25)(H2,20,26)(H,21,29)(H,22,31)(H,23,30)(H,27,28)(H,32,33). The molecule has 0 aliphatic carbocycles. The van der Waals surface area contributed by atoms with E-state index >= 15 is 0 Å². The number of aliphatic hydroxyl groups excluding tert-OH is 1. The number of carbonyl (C=O) groups excluding carboxylic acids is 5. The number of carboxylic acids is 2. The fourth-order valence-electron chi connectivity index (χ4n) is 2.40. The first-order valence-electron chi connectivity index (χ1n) is 9.57. The summed E-state index contributed by atoms with van der Waals surface area (Å²) in [4.78, 5) is 81.4. The molecule has 16 nitrogen and oxygen atoms in total. The lowest BCUT2D eigenvalue weighted by atomic mass is 10.1.